The Morgan fingerprint density at radius 3 is 2.41 bits per heavy atom. The Bertz CT molecular complexity index is 1480. The maximum absolute atomic E-state index is 9.70. The van der Waals surface area contributed by atoms with Crippen LogP contribution in [0.5, 0.6) is 0 Å². The number of benzene rings is 2. The molecule has 0 radical (unpaired) electrons. The SMILES string of the molecule is C[n+]1ccc(/C(C#N)=C/c2ccc(-c3ccc4c(c3)CN3CN4Cc4cc(Br)ccc43)s2)cc1. The Kier molecular flexibility index (Phi) is 5.24. The van der Waals surface area contributed by atoms with E-state index in [1.54, 1.807) is 11.3 Å². The number of halogens is 1. The van der Waals surface area contributed by atoms with Crippen molar-refractivity contribution in [2.24, 2.45) is 7.05 Å². The second-order valence-electron chi connectivity index (χ2n) is 8.78. The Morgan fingerprint density at radius 2 is 1.68 bits per heavy atom. The monoisotopic (exact) mass is 525 g/mol. The van der Waals surface area contributed by atoms with E-state index in [2.05, 4.69) is 80.3 Å². The summed E-state index contributed by atoms with van der Waals surface area (Å²) in [5, 5.41) is 9.70. The summed E-state index contributed by atoms with van der Waals surface area (Å²) in [4.78, 5) is 7.22. The molecular weight excluding hydrogens is 504 g/mol. The van der Waals surface area contributed by atoms with Gasteiger partial charge in [0.1, 0.15) is 7.05 Å². The number of nitriles is 1. The molecule has 2 aliphatic rings. The average Bonchev–Trinajstić information content (AvgIpc) is 3.31. The van der Waals surface area contributed by atoms with E-state index >= 15 is 0 Å². The molecule has 0 saturated carbocycles. The van der Waals surface area contributed by atoms with Crippen LogP contribution in [0.1, 0.15) is 21.6 Å². The fourth-order valence-corrected chi connectivity index (χ4v) is 6.15. The molecule has 4 heterocycles. The molecule has 6 rings (SSSR count). The fraction of sp³-hybridized carbons (Fsp3) is 0.143. The number of aryl methyl sites for hydroxylation is 1. The molecule has 4 nitrogen and oxygen atoms in total. The number of aromatic nitrogens is 1. The van der Waals surface area contributed by atoms with Crippen LogP contribution in [0.2, 0.25) is 0 Å². The van der Waals surface area contributed by atoms with Gasteiger partial charge in [-0.2, -0.15) is 5.26 Å². The topological polar surface area (TPSA) is 34.1 Å². The van der Waals surface area contributed by atoms with Crippen molar-refractivity contribution in [1.82, 2.24) is 0 Å². The first-order valence-corrected chi connectivity index (χ1v) is 12.8. The summed E-state index contributed by atoms with van der Waals surface area (Å²) in [6, 6.07) is 24.0. The van der Waals surface area contributed by atoms with Gasteiger partial charge in [0.15, 0.2) is 12.4 Å². The van der Waals surface area contributed by atoms with Crippen molar-refractivity contribution in [3.8, 4) is 16.5 Å². The van der Waals surface area contributed by atoms with Crippen molar-refractivity contribution in [2.45, 2.75) is 13.1 Å². The van der Waals surface area contributed by atoms with Crippen molar-refractivity contribution in [1.29, 1.82) is 5.26 Å². The normalized spacial score (nSPS) is 14.4. The lowest BCUT2D eigenvalue weighted by molar-refractivity contribution is -0.671. The summed E-state index contributed by atoms with van der Waals surface area (Å²) in [6.45, 7) is 2.78. The van der Waals surface area contributed by atoms with Crippen LogP contribution in [-0.4, -0.2) is 6.67 Å². The lowest BCUT2D eigenvalue weighted by atomic mass is 9.99. The Morgan fingerprint density at radius 1 is 0.971 bits per heavy atom. The Balaban J connectivity index is 1.29. The first kappa shape index (κ1) is 21.2. The van der Waals surface area contributed by atoms with Crippen LogP contribution in [0.3, 0.4) is 0 Å². The molecular formula is C28H22BrN4S+. The van der Waals surface area contributed by atoms with Gasteiger partial charge in [-0.05, 0) is 65.2 Å². The first-order chi connectivity index (χ1) is 16.6. The van der Waals surface area contributed by atoms with Crippen molar-refractivity contribution >= 4 is 50.3 Å². The third-order valence-corrected chi connectivity index (χ3v) is 8.05. The summed E-state index contributed by atoms with van der Waals surface area (Å²) in [5.74, 6) is 0. The minimum atomic E-state index is 0.679. The molecule has 0 atom stereocenters. The smallest absolute Gasteiger partial charge is 0.169 e. The van der Waals surface area contributed by atoms with Gasteiger partial charge < -0.3 is 9.80 Å². The number of hydrogen-bond acceptors (Lipinski definition) is 4. The molecule has 34 heavy (non-hydrogen) atoms. The molecule has 2 aromatic heterocycles. The molecule has 0 saturated heterocycles. The van der Waals surface area contributed by atoms with Gasteiger partial charge in [0.2, 0.25) is 0 Å². The Hall–Kier alpha value is -3.40. The van der Waals surface area contributed by atoms with Gasteiger partial charge >= 0.3 is 0 Å². The van der Waals surface area contributed by atoms with Gasteiger partial charge in [-0.15, -0.1) is 11.3 Å². The maximum Gasteiger partial charge on any atom is 0.169 e. The number of hydrogen-bond donors (Lipinski definition) is 0. The predicted molar refractivity (Wildman–Crippen MR) is 142 cm³/mol. The number of rotatable bonds is 3. The minimum Gasteiger partial charge on any atom is -0.349 e. The molecule has 2 aromatic carbocycles. The number of anilines is 2. The van der Waals surface area contributed by atoms with E-state index in [1.807, 2.05) is 42.2 Å². The molecule has 0 unspecified atom stereocenters. The van der Waals surface area contributed by atoms with Gasteiger partial charge in [0.25, 0.3) is 0 Å². The van der Waals surface area contributed by atoms with E-state index in [0.717, 1.165) is 34.7 Å². The lowest BCUT2D eigenvalue weighted by Crippen LogP contribution is -2.46. The van der Waals surface area contributed by atoms with Crippen LogP contribution >= 0.6 is 27.3 Å². The number of thiophene rings is 1. The van der Waals surface area contributed by atoms with Crippen LogP contribution in [0.25, 0.3) is 22.1 Å². The zero-order chi connectivity index (χ0) is 23.2. The second kappa shape index (κ2) is 8.43. The van der Waals surface area contributed by atoms with Crippen molar-refractivity contribution in [2.75, 3.05) is 16.5 Å². The van der Waals surface area contributed by atoms with Gasteiger partial charge in [-0.3, -0.25) is 0 Å². The van der Waals surface area contributed by atoms with Crippen LogP contribution in [0.4, 0.5) is 11.4 Å². The highest BCUT2D eigenvalue weighted by Gasteiger charge is 2.29. The number of allylic oxidation sites excluding steroid dienone is 1. The molecule has 0 N–H and O–H groups in total. The van der Waals surface area contributed by atoms with Gasteiger partial charge in [0.05, 0.1) is 18.3 Å². The van der Waals surface area contributed by atoms with E-state index in [-0.39, 0.29) is 0 Å². The van der Waals surface area contributed by atoms with Gasteiger partial charge in [-0.1, -0.05) is 22.0 Å². The van der Waals surface area contributed by atoms with E-state index in [1.165, 1.54) is 32.9 Å². The molecule has 4 aromatic rings. The second-order valence-corrected chi connectivity index (χ2v) is 10.8. The molecule has 166 valence electrons. The summed E-state index contributed by atoms with van der Waals surface area (Å²) in [6.07, 6.45) is 5.91. The van der Waals surface area contributed by atoms with Crippen molar-refractivity contribution < 1.29 is 4.57 Å². The zero-order valence-corrected chi connectivity index (χ0v) is 21.1. The van der Waals surface area contributed by atoms with Crippen LogP contribution in [0, 0.1) is 11.3 Å². The summed E-state index contributed by atoms with van der Waals surface area (Å²) >= 11 is 5.34. The fourth-order valence-electron chi connectivity index (χ4n) is 4.79. The van der Waals surface area contributed by atoms with E-state index < -0.39 is 0 Å². The highest BCUT2D eigenvalue weighted by Crippen LogP contribution is 2.41. The van der Waals surface area contributed by atoms with Crippen LogP contribution < -0.4 is 14.4 Å². The van der Waals surface area contributed by atoms with E-state index in [0.29, 0.717) is 5.57 Å². The third kappa shape index (κ3) is 3.81. The average molecular weight is 526 g/mol. The highest BCUT2D eigenvalue weighted by atomic mass is 79.9. The minimum absolute atomic E-state index is 0.679. The van der Waals surface area contributed by atoms with Gasteiger partial charge in [-0.25, -0.2) is 4.57 Å². The maximum atomic E-state index is 9.70. The number of nitrogens with zero attached hydrogens (tertiary/aromatic N) is 4. The predicted octanol–water partition coefficient (Wildman–Crippen LogP) is 6.36. The summed E-state index contributed by atoms with van der Waals surface area (Å²) in [7, 11) is 1.97. The standard InChI is InChI=1S/C28H22BrN4S/c1-31-10-8-19(9-11-31)21(15-30)14-25-4-7-28(34-25)20-2-5-26-22(12-20)16-32-18-33(26)17-23-13-24(29)3-6-27(23)32/h2-14H,16-18H2,1H3/q+1. The molecule has 0 amide bonds. The van der Waals surface area contributed by atoms with Crippen molar-refractivity contribution in [3.63, 3.8) is 0 Å². The summed E-state index contributed by atoms with van der Waals surface area (Å²) in [5.41, 5.74) is 8.23. The number of fused-ring (bicyclic) bond motifs is 6. The molecule has 0 fully saturated rings. The van der Waals surface area contributed by atoms with E-state index in [9.17, 15) is 5.26 Å². The molecule has 0 aliphatic carbocycles. The zero-order valence-electron chi connectivity index (χ0n) is 18.7. The van der Waals surface area contributed by atoms with Gasteiger partial charge in [0, 0.05) is 56.4 Å². The Labute approximate surface area is 211 Å². The van der Waals surface area contributed by atoms with Crippen molar-refractivity contribution in [3.05, 3.63) is 99.1 Å². The number of pyridine rings is 1. The van der Waals surface area contributed by atoms with Crippen LogP contribution in [-0.2, 0) is 20.1 Å². The van der Waals surface area contributed by atoms with E-state index in [4.69, 9.17) is 0 Å². The van der Waals surface area contributed by atoms with Crippen LogP contribution in [0.15, 0.2) is 77.5 Å². The lowest BCUT2D eigenvalue weighted by Gasteiger charge is -2.45. The largest absolute Gasteiger partial charge is 0.349 e. The third-order valence-electron chi connectivity index (χ3n) is 6.47. The molecule has 0 spiro atoms. The highest BCUT2D eigenvalue weighted by molar-refractivity contribution is 9.10. The quantitative estimate of drug-likeness (QED) is 0.230. The molecule has 2 aliphatic heterocycles. The first-order valence-electron chi connectivity index (χ1n) is 11.2. The molecule has 2 bridgehead atoms. The summed E-state index contributed by atoms with van der Waals surface area (Å²) < 4.78 is 3.10. The molecule has 6 heteroatoms.